The molecule has 5 aliphatic carbocycles. The highest BCUT2D eigenvalue weighted by atomic mass is 16.4. The average Bonchev–Trinajstić information content (AvgIpc) is 3.50. The van der Waals surface area contributed by atoms with Gasteiger partial charge in [-0.3, -0.25) is 4.79 Å². The summed E-state index contributed by atoms with van der Waals surface area (Å²) >= 11 is 0. The van der Waals surface area contributed by atoms with Gasteiger partial charge in [-0.25, -0.2) is 4.79 Å². The van der Waals surface area contributed by atoms with Gasteiger partial charge in [-0.05, 0) is 134 Å². The highest BCUT2D eigenvalue weighted by molar-refractivity contribution is 5.88. The van der Waals surface area contributed by atoms with E-state index >= 15 is 0 Å². The summed E-state index contributed by atoms with van der Waals surface area (Å²) < 4.78 is 0. The van der Waals surface area contributed by atoms with E-state index in [2.05, 4.69) is 59.1 Å². The van der Waals surface area contributed by atoms with Crippen molar-refractivity contribution < 1.29 is 19.8 Å². The van der Waals surface area contributed by atoms with E-state index in [9.17, 15) is 19.8 Å². The number of aliphatic carboxylic acids is 1. The fourth-order valence-corrected chi connectivity index (χ4v) is 10.9. The molecular formula is C41H58O4. The van der Waals surface area contributed by atoms with Gasteiger partial charge in [0.1, 0.15) is 0 Å². The van der Waals surface area contributed by atoms with Crippen molar-refractivity contribution in [3.05, 3.63) is 54.1 Å². The molecule has 1 aromatic carbocycles. The number of carboxylic acid groups (broad SMARTS) is 2. The van der Waals surface area contributed by atoms with Crippen LogP contribution in [-0.4, -0.2) is 22.2 Å². The molecule has 0 saturated heterocycles. The molecule has 0 amide bonds. The Labute approximate surface area is 274 Å². The molecule has 8 atom stereocenters. The summed E-state index contributed by atoms with van der Waals surface area (Å²) in [6, 6.07) is 7.47. The van der Waals surface area contributed by atoms with Gasteiger partial charge >= 0.3 is 11.9 Å². The van der Waals surface area contributed by atoms with Gasteiger partial charge in [0.25, 0.3) is 0 Å². The van der Waals surface area contributed by atoms with Crippen molar-refractivity contribution in [1.29, 1.82) is 0 Å². The number of hydrogen-bond acceptors (Lipinski definition) is 2. The van der Waals surface area contributed by atoms with Crippen LogP contribution < -0.4 is 0 Å². The molecule has 0 heterocycles. The van der Waals surface area contributed by atoms with E-state index < -0.39 is 17.4 Å². The van der Waals surface area contributed by atoms with E-state index in [1.165, 1.54) is 31.3 Å². The molecule has 0 aromatic heterocycles. The van der Waals surface area contributed by atoms with Gasteiger partial charge in [-0.1, -0.05) is 65.3 Å². The van der Waals surface area contributed by atoms with Gasteiger partial charge in [-0.15, -0.1) is 32.3 Å². The van der Waals surface area contributed by atoms with Gasteiger partial charge in [0.05, 0.1) is 11.0 Å². The minimum absolute atomic E-state index is 0.0377. The van der Waals surface area contributed by atoms with Crippen molar-refractivity contribution in [2.75, 3.05) is 0 Å². The van der Waals surface area contributed by atoms with Crippen LogP contribution in [0.4, 0.5) is 0 Å². The normalized spacial score (nSPS) is 34.8. The maximum Gasteiger partial charge on any atom is 0.335 e. The van der Waals surface area contributed by atoms with Crippen LogP contribution in [0.5, 0.6) is 0 Å². The van der Waals surface area contributed by atoms with Crippen molar-refractivity contribution in [2.24, 2.45) is 51.8 Å². The minimum Gasteiger partial charge on any atom is -0.481 e. The number of rotatable bonds is 3. The van der Waals surface area contributed by atoms with E-state index in [1.807, 2.05) is 32.9 Å². The lowest BCUT2D eigenvalue weighted by Crippen LogP contribution is -2.57. The molecule has 4 fully saturated rings. The van der Waals surface area contributed by atoms with Crippen LogP contribution in [0.25, 0.3) is 5.57 Å². The van der Waals surface area contributed by atoms with Crippen LogP contribution in [0.1, 0.15) is 122 Å². The summed E-state index contributed by atoms with van der Waals surface area (Å²) in [6.07, 6.45) is 31.5. The molecule has 4 saturated carbocycles. The topological polar surface area (TPSA) is 74.6 Å². The van der Waals surface area contributed by atoms with Crippen LogP contribution in [0.3, 0.4) is 0 Å². The lowest BCUT2D eigenvalue weighted by molar-refractivity contribution is -0.166. The monoisotopic (exact) mass is 614 g/mol. The minimum atomic E-state index is -0.874. The van der Waals surface area contributed by atoms with Gasteiger partial charge in [0.2, 0.25) is 0 Å². The zero-order valence-corrected chi connectivity index (χ0v) is 28.7. The fourth-order valence-electron chi connectivity index (χ4n) is 10.9. The second-order valence-corrected chi connectivity index (χ2v) is 14.1. The van der Waals surface area contributed by atoms with Crippen LogP contribution in [0.2, 0.25) is 0 Å². The molecule has 6 unspecified atom stereocenters. The first-order chi connectivity index (χ1) is 21.5. The van der Waals surface area contributed by atoms with Crippen molar-refractivity contribution >= 4 is 17.5 Å². The number of carbonyl (C=O) groups is 2. The molecule has 45 heavy (non-hydrogen) atoms. The van der Waals surface area contributed by atoms with Crippen molar-refractivity contribution in [3.63, 3.8) is 0 Å². The number of terminal acetylenes is 2. The molecule has 0 radical (unpaired) electrons. The third-order valence-corrected chi connectivity index (χ3v) is 12.3. The lowest BCUT2D eigenvalue weighted by atomic mass is 9.40. The van der Waals surface area contributed by atoms with Crippen molar-refractivity contribution in [3.8, 4) is 25.7 Å². The summed E-state index contributed by atoms with van der Waals surface area (Å²) in [6.45, 7) is 16.6. The Morgan fingerprint density at radius 2 is 1.38 bits per heavy atom. The summed E-state index contributed by atoms with van der Waals surface area (Å²) in [5, 5.41) is 19.5. The Bertz CT molecular complexity index is 1230. The smallest absolute Gasteiger partial charge is 0.335 e. The Morgan fingerprint density at radius 1 is 0.822 bits per heavy atom. The third-order valence-electron chi connectivity index (χ3n) is 12.3. The highest BCUT2D eigenvalue weighted by Gasteiger charge is 2.63. The zero-order chi connectivity index (χ0) is 34.2. The Morgan fingerprint density at radius 3 is 1.93 bits per heavy atom. The number of aromatic carboxylic acids is 1. The molecule has 0 spiro atoms. The molecule has 0 bridgehead atoms. The Hall–Kier alpha value is -3.24. The first-order valence-corrected chi connectivity index (χ1v) is 17.0. The summed E-state index contributed by atoms with van der Waals surface area (Å²) in [5.74, 6) is 2.44. The van der Waals surface area contributed by atoms with Crippen molar-refractivity contribution in [1.82, 2.24) is 0 Å². The Kier molecular flexibility index (Phi) is 13.4. The molecule has 0 aliphatic heterocycles. The lowest BCUT2D eigenvalue weighted by Gasteiger charge is -2.64. The SMILES string of the molecule is C#C.C#C.C=CC.CC.CC1(C)C(c2ccc(C(=O)O)cc2)=CC[C@]2(C)C3CCC4C(CC[C@@]5(C(=O)O)CCCC45)C3CCC12. The van der Waals surface area contributed by atoms with Crippen LogP contribution in [0, 0.1) is 77.4 Å². The van der Waals surface area contributed by atoms with E-state index in [0.29, 0.717) is 29.2 Å². The first-order valence-electron chi connectivity index (χ1n) is 17.0. The van der Waals surface area contributed by atoms with Gasteiger partial charge < -0.3 is 10.2 Å². The van der Waals surface area contributed by atoms with E-state index in [4.69, 9.17) is 0 Å². The van der Waals surface area contributed by atoms with Gasteiger partial charge in [0, 0.05) is 0 Å². The molecule has 4 nitrogen and oxygen atoms in total. The quantitative estimate of drug-likeness (QED) is 0.262. The van der Waals surface area contributed by atoms with Gasteiger partial charge in [0.15, 0.2) is 0 Å². The summed E-state index contributed by atoms with van der Waals surface area (Å²) in [4.78, 5) is 23.7. The van der Waals surface area contributed by atoms with Crippen LogP contribution >= 0.6 is 0 Å². The molecule has 246 valence electrons. The third kappa shape index (κ3) is 6.68. The first kappa shape index (κ1) is 37.9. The van der Waals surface area contributed by atoms with Crippen LogP contribution in [-0.2, 0) is 4.79 Å². The van der Waals surface area contributed by atoms with Crippen molar-refractivity contribution in [2.45, 2.75) is 106 Å². The summed E-state index contributed by atoms with van der Waals surface area (Å²) in [5.41, 5.74) is 2.78. The summed E-state index contributed by atoms with van der Waals surface area (Å²) in [7, 11) is 0. The predicted molar refractivity (Wildman–Crippen MR) is 187 cm³/mol. The maximum atomic E-state index is 12.4. The highest BCUT2D eigenvalue weighted by Crippen LogP contribution is 2.69. The number of carboxylic acids is 2. The van der Waals surface area contributed by atoms with Gasteiger partial charge in [-0.2, -0.15) is 0 Å². The molecule has 2 N–H and O–H groups in total. The molecule has 5 aliphatic rings. The van der Waals surface area contributed by atoms with Crippen LogP contribution in [0.15, 0.2) is 43.0 Å². The predicted octanol–water partition coefficient (Wildman–Crippen LogP) is 10.3. The number of allylic oxidation sites excluding steroid dienone is 3. The number of fused-ring (bicyclic) bond motifs is 7. The zero-order valence-electron chi connectivity index (χ0n) is 28.7. The molecular weight excluding hydrogens is 556 g/mol. The molecule has 6 rings (SSSR count). The number of hydrogen-bond donors (Lipinski definition) is 2. The second-order valence-electron chi connectivity index (χ2n) is 14.1. The van der Waals surface area contributed by atoms with E-state index in [-0.39, 0.29) is 10.8 Å². The molecule has 1 aromatic rings. The fraction of sp³-hybridized carbons (Fsp3) is 0.610. The van der Waals surface area contributed by atoms with E-state index in [0.717, 1.165) is 55.9 Å². The maximum absolute atomic E-state index is 12.4. The standard InChI is InChI=1S/C32H42O4.C3H6.C2H6.2C2H2/c1-30(2)24(19-6-8-20(9-7-19)28(33)34)15-17-31(3)25-12-10-23-21(22(25)11-13-27(30)31)14-18-32(29(35)36)16-4-5-26(23)32;1-3-2;3*1-2/h6-9,15,21-23,25-27H,4-5,10-14,16-18H2,1-3H3,(H,33,34)(H,35,36);3H,1H2,2H3;1-2H3;2*1-2H/t21?,22?,23?,25?,26?,27?,31-,32+;;;;/m1..../s1. The largest absolute Gasteiger partial charge is 0.481 e. The molecule has 4 heteroatoms. The van der Waals surface area contributed by atoms with E-state index in [1.54, 1.807) is 18.2 Å². The average molecular weight is 615 g/mol. The number of benzene rings is 1. The Balaban J connectivity index is 0.000000717. The second kappa shape index (κ2) is 15.9.